The van der Waals surface area contributed by atoms with E-state index in [1.54, 1.807) is 0 Å². The number of rotatable bonds is 1. The third kappa shape index (κ3) is 4.47. The minimum absolute atomic E-state index is 0. The molecule has 0 saturated carbocycles. The van der Waals surface area contributed by atoms with Gasteiger partial charge < -0.3 is 7.43 Å². The van der Waals surface area contributed by atoms with Crippen LogP contribution >= 0.6 is 0 Å². The first-order valence-electron chi connectivity index (χ1n) is 12.4. The van der Waals surface area contributed by atoms with Gasteiger partial charge in [-0.1, -0.05) is 86.6 Å². The number of hydrogen-bond acceptors (Lipinski definition) is 1. The van der Waals surface area contributed by atoms with E-state index in [1.165, 1.54) is 44.9 Å². The second-order valence-electron chi connectivity index (χ2n) is 13.0. The van der Waals surface area contributed by atoms with Gasteiger partial charge in [-0.3, -0.25) is 4.90 Å². The zero-order valence-electron chi connectivity index (χ0n) is 23.4. The van der Waals surface area contributed by atoms with Crippen molar-refractivity contribution in [2.45, 2.75) is 91.3 Å². The van der Waals surface area contributed by atoms with Gasteiger partial charge in [-0.05, 0) is 51.1 Å². The van der Waals surface area contributed by atoms with Crippen LogP contribution in [0.4, 0.5) is 5.69 Å². The van der Waals surface area contributed by atoms with Crippen molar-refractivity contribution in [2.24, 2.45) is 0 Å². The summed E-state index contributed by atoms with van der Waals surface area (Å²) in [5.74, 6) is 0. The van der Waals surface area contributed by atoms with Crippen molar-refractivity contribution in [1.82, 2.24) is 0 Å². The first-order valence-corrected chi connectivity index (χ1v) is 12.4. The summed E-state index contributed by atoms with van der Waals surface area (Å²) in [7, 11) is 0. The molecule has 0 radical (unpaired) electrons. The molecular weight excluding hydrogens is 591 g/mol. The van der Waals surface area contributed by atoms with Crippen molar-refractivity contribution in [1.29, 1.82) is 0 Å². The zero-order valence-corrected chi connectivity index (χ0v) is 27.0. The van der Waals surface area contributed by atoms with E-state index in [0.29, 0.717) is 0 Å². The Morgan fingerprint density at radius 3 is 1.86 bits per heavy atom. The molecule has 2 aromatic carbocycles. The third-order valence-corrected chi connectivity index (χ3v) is 7.38. The largest absolute Gasteiger partial charge is 0.358 e. The standard InChI is InChI=1S/C31H39N2.CH3.Hf/c1-29(2,3)20-17-24(30(4,5)6)27(25(18-20)31(7,8)9)32-19-21-13-12-16-26-22-14-10-11-15-23(22)28(32)33(21)26;;/h10-18,28H,19H2,1-9H3;1H3;/q+1;-1;. The molecule has 0 spiro atoms. The number of hydrogen-bond donors (Lipinski definition) is 0. The summed E-state index contributed by atoms with van der Waals surface area (Å²) in [6.45, 7) is 22.2. The number of pyridine rings is 1. The molecule has 0 bridgehead atoms. The number of fused-ring (bicyclic) bond motifs is 3. The Morgan fingerprint density at radius 2 is 1.31 bits per heavy atom. The third-order valence-electron chi connectivity index (χ3n) is 7.38. The predicted octanol–water partition coefficient (Wildman–Crippen LogP) is 7.86. The van der Waals surface area contributed by atoms with Crippen LogP contribution in [0.1, 0.15) is 96.4 Å². The molecule has 1 aromatic heterocycles. The normalized spacial score (nSPS) is 16.4. The summed E-state index contributed by atoms with van der Waals surface area (Å²) in [4.78, 5) is 2.69. The average Bonchev–Trinajstić information content (AvgIpc) is 3.25. The van der Waals surface area contributed by atoms with Gasteiger partial charge >= 0.3 is 0 Å². The molecule has 1 unspecified atom stereocenters. The Bertz CT molecular complexity index is 1220. The molecule has 0 N–H and O–H groups in total. The molecule has 35 heavy (non-hydrogen) atoms. The first-order chi connectivity index (χ1) is 15.3. The van der Waals surface area contributed by atoms with Gasteiger partial charge in [0.05, 0.1) is 16.8 Å². The molecule has 3 aromatic rings. The summed E-state index contributed by atoms with van der Waals surface area (Å²) in [6, 6.07) is 20.8. The molecule has 2 nitrogen and oxygen atoms in total. The fourth-order valence-electron chi connectivity index (χ4n) is 5.59. The Hall–Kier alpha value is -1.74. The maximum absolute atomic E-state index is 2.69. The van der Waals surface area contributed by atoms with E-state index >= 15 is 0 Å². The molecule has 184 valence electrons. The maximum atomic E-state index is 2.69. The van der Waals surface area contributed by atoms with Crippen LogP contribution in [0.25, 0.3) is 11.3 Å². The van der Waals surface area contributed by atoms with Crippen LogP contribution in [0.3, 0.4) is 0 Å². The Morgan fingerprint density at radius 1 is 0.743 bits per heavy atom. The van der Waals surface area contributed by atoms with Gasteiger partial charge in [-0.15, -0.1) is 0 Å². The fourth-order valence-corrected chi connectivity index (χ4v) is 5.59. The first kappa shape index (κ1) is 27.8. The molecule has 3 heterocycles. The molecule has 0 aliphatic carbocycles. The molecule has 0 fully saturated rings. The van der Waals surface area contributed by atoms with Gasteiger partial charge in [-0.25, -0.2) is 0 Å². The van der Waals surface area contributed by atoms with Crippen LogP contribution in [-0.4, -0.2) is 0 Å². The molecule has 0 amide bonds. The van der Waals surface area contributed by atoms with Crippen LogP contribution in [0.5, 0.6) is 0 Å². The monoisotopic (exact) mass is 634 g/mol. The van der Waals surface area contributed by atoms with Crippen LogP contribution in [0.2, 0.25) is 0 Å². The van der Waals surface area contributed by atoms with Gasteiger partial charge in [0, 0.05) is 38.0 Å². The van der Waals surface area contributed by atoms with Crippen molar-refractivity contribution in [3.63, 3.8) is 0 Å². The molecule has 0 saturated heterocycles. The zero-order chi connectivity index (χ0) is 23.9. The molecule has 2 aliphatic heterocycles. The van der Waals surface area contributed by atoms with Crippen molar-refractivity contribution in [3.05, 3.63) is 90.0 Å². The predicted molar refractivity (Wildman–Crippen MR) is 145 cm³/mol. The van der Waals surface area contributed by atoms with Crippen LogP contribution in [-0.2, 0) is 48.6 Å². The van der Waals surface area contributed by atoms with Crippen molar-refractivity contribution in [3.8, 4) is 11.3 Å². The van der Waals surface area contributed by atoms with E-state index < -0.39 is 0 Å². The smallest absolute Gasteiger partial charge is 0.262 e. The molecule has 3 heteroatoms. The summed E-state index contributed by atoms with van der Waals surface area (Å²) in [5.41, 5.74) is 11.5. The van der Waals surface area contributed by atoms with Crippen molar-refractivity contribution < 1.29 is 30.4 Å². The Labute approximate surface area is 232 Å². The maximum Gasteiger partial charge on any atom is 0.262 e. The summed E-state index contributed by atoms with van der Waals surface area (Å²) in [5, 5.41) is 0. The van der Waals surface area contributed by atoms with Crippen LogP contribution in [0.15, 0.2) is 54.6 Å². The number of aromatic nitrogens is 1. The van der Waals surface area contributed by atoms with Crippen molar-refractivity contribution in [2.75, 3.05) is 4.90 Å². The second-order valence-corrected chi connectivity index (χ2v) is 13.0. The second kappa shape index (κ2) is 8.98. The number of nitrogens with zero attached hydrogens (tertiary/aromatic N) is 2. The average molecular weight is 633 g/mol. The number of anilines is 1. The summed E-state index contributed by atoms with van der Waals surface area (Å²) < 4.78 is 2.57. The van der Waals surface area contributed by atoms with Crippen molar-refractivity contribution >= 4 is 5.69 Å². The van der Waals surface area contributed by atoms with Gasteiger partial charge in [0.25, 0.3) is 6.17 Å². The Balaban J connectivity index is 0.00000171. The number of benzene rings is 2. The van der Waals surface area contributed by atoms with E-state index in [1.807, 2.05) is 0 Å². The van der Waals surface area contributed by atoms with E-state index in [2.05, 4.69) is 126 Å². The Kier molecular flexibility index (Phi) is 7.14. The van der Waals surface area contributed by atoms with Crippen LogP contribution in [0, 0.1) is 7.43 Å². The molecular formula is C32H42HfN2. The molecule has 5 rings (SSSR count). The van der Waals surface area contributed by atoms with Gasteiger partial charge in [0.15, 0.2) is 0 Å². The summed E-state index contributed by atoms with van der Waals surface area (Å²) in [6.07, 6.45) is 0.218. The molecule has 1 atom stereocenters. The van der Waals surface area contributed by atoms with Gasteiger partial charge in [0.2, 0.25) is 11.4 Å². The minimum atomic E-state index is 0. The van der Waals surface area contributed by atoms with Gasteiger partial charge in [0.1, 0.15) is 6.54 Å². The van der Waals surface area contributed by atoms with E-state index in [0.717, 1.165) is 6.54 Å². The van der Waals surface area contributed by atoms with E-state index in [4.69, 9.17) is 0 Å². The topological polar surface area (TPSA) is 7.12 Å². The van der Waals surface area contributed by atoms with E-state index in [9.17, 15) is 0 Å². The summed E-state index contributed by atoms with van der Waals surface area (Å²) >= 11 is 0. The van der Waals surface area contributed by atoms with Crippen LogP contribution < -0.4 is 9.47 Å². The fraction of sp³-hybridized carbons (Fsp3) is 0.438. The molecule has 2 aliphatic rings. The minimum Gasteiger partial charge on any atom is -0.358 e. The quantitative estimate of drug-likeness (QED) is 0.151. The van der Waals surface area contributed by atoms with E-state index in [-0.39, 0.29) is 55.7 Å². The van der Waals surface area contributed by atoms with Gasteiger partial charge in [-0.2, -0.15) is 4.57 Å². The SMILES string of the molecule is CC(C)(C)c1cc(C(C)(C)C)c(N2Cc3cccc4[n+]3C2c2ccccc2-4)c(C(C)(C)C)c1.[CH3-].[Hf].